The molecule has 0 unspecified atom stereocenters. The van der Waals surface area contributed by atoms with Crippen molar-refractivity contribution in [2.24, 2.45) is 5.92 Å². The normalized spacial score (nSPS) is 15.4. The fraction of sp³-hybridized carbons (Fsp3) is 0.458. The molecule has 1 N–H and O–H groups in total. The van der Waals surface area contributed by atoms with E-state index in [0.717, 1.165) is 24.3 Å². The van der Waals surface area contributed by atoms with Crippen LogP contribution in [-0.4, -0.2) is 44.8 Å². The molecule has 0 aliphatic carbocycles. The fourth-order valence-electron chi connectivity index (χ4n) is 4.09. The zero-order valence-electron chi connectivity index (χ0n) is 19.1. The van der Waals surface area contributed by atoms with Crippen LogP contribution in [0.25, 0.3) is 0 Å². The van der Waals surface area contributed by atoms with Crippen LogP contribution in [0.3, 0.4) is 0 Å². The lowest BCUT2D eigenvalue weighted by Crippen LogP contribution is -2.43. The van der Waals surface area contributed by atoms with Crippen molar-refractivity contribution in [3.05, 3.63) is 64.4 Å². The van der Waals surface area contributed by atoms with E-state index in [1.54, 1.807) is 0 Å². The molecule has 1 heterocycles. The first-order chi connectivity index (χ1) is 15.7. The standard InChI is InChI=1S/C24H31ClFN3O3S/c1-3-28(4-2)20-10-8-18(9-11-20)16-27-24(30)19-12-14-29(15-13-19)33(31,32)17-21-22(25)6-5-7-23(21)26/h5-11,19H,3-4,12-17H2,1-2H3,(H,27,30). The van der Waals surface area contributed by atoms with Crippen LogP contribution in [0.1, 0.15) is 37.8 Å². The van der Waals surface area contributed by atoms with Crippen LogP contribution >= 0.6 is 11.6 Å². The van der Waals surface area contributed by atoms with Crippen molar-refractivity contribution in [2.45, 2.75) is 39.0 Å². The number of sulfonamides is 1. The van der Waals surface area contributed by atoms with Crippen LogP contribution in [0.5, 0.6) is 0 Å². The largest absolute Gasteiger partial charge is 0.372 e. The van der Waals surface area contributed by atoms with Gasteiger partial charge in [0.2, 0.25) is 15.9 Å². The number of halogens is 2. The Labute approximate surface area is 200 Å². The lowest BCUT2D eigenvalue weighted by molar-refractivity contribution is -0.126. The maximum atomic E-state index is 14.0. The van der Waals surface area contributed by atoms with Gasteiger partial charge < -0.3 is 10.2 Å². The smallest absolute Gasteiger partial charge is 0.223 e. The molecule has 0 radical (unpaired) electrons. The number of benzene rings is 2. The highest BCUT2D eigenvalue weighted by Gasteiger charge is 2.32. The summed E-state index contributed by atoms with van der Waals surface area (Å²) in [7, 11) is -3.73. The Hall–Kier alpha value is -2.16. The van der Waals surface area contributed by atoms with E-state index in [-0.39, 0.29) is 35.5 Å². The summed E-state index contributed by atoms with van der Waals surface area (Å²) >= 11 is 5.99. The third-order valence-corrected chi connectivity index (χ3v) is 8.30. The second-order valence-corrected chi connectivity index (χ2v) is 10.6. The van der Waals surface area contributed by atoms with E-state index in [4.69, 9.17) is 11.6 Å². The minimum absolute atomic E-state index is 0.0222. The summed E-state index contributed by atoms with van der Waals surface area (Å²) in [5.74, 6) is -1.44. The van der Waals surface area contributed by atoms with Crippen LogP contribution < -0.4 is 10.2 Å². The van der Waals surface area contributed by atoms with Crippen molar-refractivity contribution >= 4 is 33.2 Å². The number of nitrogens with one attached hydrogen (secondary N) is 1. The molecule has 0 aromatic heterocycles. The van der Waals surface area contributed by atoms with E-state index >= 15 is 0 Å². The Morgan fingerprint density at radius 2 is 1.76 bits per heavy atom. The Bertz CT molecular complexity index is 1030. The van der Waals surface area contributed by atoms with Crippen LogP contribution in [0, 0.1) is 11.7 Å². The molecule has 0 bridgehead atoms. The molecule has 1 aliphatic heterocycles. The van der Waals surface area contributed by atoms with E-state index in [2.05, 4.69) is 36.2 Å². The molecule has 1 amide bonds. The van der Waals surface area contributed by atoms with Crippen molar-refractivity contribution in [2.75, 3.05) is 31.1 Å². The predicted molar refractivity (Wildman–Crippen MR) is 130 cm³/mol. The summed E-state index contributed by atoms with van der Waals surface area (Å²) in [5, 5.41) is 3.06. The van der Waals surface area contributed by atoms with Crippen molar-refractivity contribution in [1.29, 1.82) is 0 Å². The molecular formula is C24H31ClFN3O3S. The van der Waals surface area contributed by atoms with E-state index in [1.165, 1.54) is 22.5 Å². The summed E-state index contributed by atoms with van der Waals surface area (Å²) in [5.41, 5.74) is 2.15. The number of anilines is 1. The van der Waals surface area contributed by atoms with Crippen LogP contribution in [-0.2, 0) is 27.1 Å². The van der Waals surface area contributed by atoms with Gasteiger partial charge in [0.05, 0.1) is 5.75 Å². The van der Waals surface area contributed by atoms with Gasteiger partial charge in [0.1, 0.15) is 5.82 Å². The van der Waals surface area contributed by atoms with Gasteiger partial charge in [-0.2, -0.15) is 0 Å². The second kappa shape index (κ2) is 11.3. The molecule has 6 nitrogen and oxygen atoms in total. The summed E-state index contributed by atoms with van der Waals surface area (Å²) in [6, 6.07) is 12.2. The van der Waals surface area contributed by atoms with E-state index < -0.39 is 21.6 Å². The molecule has 0 atom stereocenters. The number of nitrogens with zero attached hydrogens (tertiary/aromatic N) is 2. The number of amides is 1. The molecule has 3 rings (SSSR count). The molecule has 2 aromatic rings. The third kappa shape index (κ3) is 6.46. The van der Waals surface area contributed by atoms with Crippen LogP contribution in [0.2, 0.25) is 5.02 Å². The quantitative estimate of drug-likeness (QED) is 0.566. The second-order valence-electron chi connectivity index (χ2n) is 8.19. The first kappa shape index (κ1) is 25.5. The fourth-order valence-corrected chi connectivity index (χ4v) is 6.00. The van der Waals surface area contributed by atoms with Crippen molar-refractivity contribution in [1.82, 2.24) is 9.62 Å². The summed E-state index contributed by atoms with van der Waals surface area (Å²) < 4.78 is 40.9. The lowest BCUT2D eigenvalue weighted by atomic mass is 9.97. The zero-order valence-corrected chi connectivity index (χ0v) is 20.6. The van der Waals surface area contributed by atoms with E-state index in [1.807, 2.05) is 12.1 Å². The van der Waals surface area contributed by atoms with E-state index in [0.29, 0.717) is 19.4 Å². The lowest BCUT2D eigenvalue weighted by Gasteiger charge is -2.30. The molecule has 9 heteroatoms. The monoisotopic (exact) mass is 495 g/mol. The average Bonchev–Trinajstić information content (AvgIpc) is 2.82. The average molecular weight is 496 g/mol. The maximum absolute atomic E-state index is 14.0. The molecule has 2 aromatic carbocycles. The van der Waals surface area contributed by atoms with Gasteiger partial charge >= 0.3 is 0 Å². The Balaban J connectivity index is 1.50. The number of rotatable bonds is 9. The van der Waals surface area contributed by atoms with Crippen LogP contribution in [0.15, 0.2) is 42.5 Å². The number of hydrogen-bond donors (Lipinski definition) is 1. The van der Waals surface area contributed by atoms with Crippen molar-refractivity contribution in [3.8, 4) is 0 Å². The summed E-state index contributed by atoms with van der Waals surface area (Å²) in [6.45, 7) is 6.99. The molecule has 33 heavy (non-hydrogen) atoms. The summed E-state index contributed by atoms with van der Waals surface area (Å²) in [6.07, 6.45) is 0.855. The SMILES string of the molecule is CCN(CC)c1ccc(CNC(=O)C2CCN(S(=O)(=O)Cc3c(F)cccc3Cl)CC2)cc1. The highest BCUT2D eigenvalue weighted by molar-refractivity contribution is 7.88. The molecular weight excluding hydrogens is 465 g/mol. The molecule has 1 fully saturated rings. The number of hydrogen-bond acceptors (Lipinski definition) is 4. The van der Waals surface area contributed by atoms with Crippen LogP contribution in [0.4, 0.5) is 10.1 Å². The van der Waals surface area contributed by atoms with Gasteiger partial charge in [0.25, 0.3) is 0 Å². The van der Waals surface area contributed by atoms with Gasteiger partial charge in [-0.15, -0.1) is 0 Å². The minimum atomic E-state index is -3.73. The first-order valence-electron chi connectivity index (χ1n) is 11.3. The molecule has 0 saturated carbocycles. The number of piperidine rings is 1. The molecule has 0 spiro atoms. The van der Waals surface area contributed by atoms with Gasteiger partial charge in [0, 0.05) is 54.9 Å². The van der Waals surface area contributed by atoms with E-state index in [9.17, 15) is 17.6 Å². The topological polar surface area (TPSA) is 69.7 Å². The van der Waals surface area contributed by atoms with Crippen molar-refractivity contribution in [3.63, 3.8) is 0 Å². The number of carbonyl (C=O) groups is 1. The molecule has 180 valence electrons. The van der Waals surface area contributed by atoms with Gasteiger partial charge in [-0.3, -0.25) is 4.79 Å². The van der Waals surface area contributed by atoms with Gasteiger partial charge in [-0.05, 0) is 56.5 Å². The maximum Gasteiger partial charge on any atom is 0.223 e. The Morgan fingerprint density at radius 3 is 2.33 bits per heavy atom. The number of carbonyl (C=O) groups excluding carboxylic acids is 1. The Morgan fingerprint density at radius 1 is 1.12 bits per heavy atom. The predicted octanol–water partition coefficient (Wildman–Crippen LogP) is 4.18. The molecule has 1 aliphatic rings. The zero-order chi connectivity index (χ0) is 24.0. The first-order valence-corrected chi connectivity index (χ1v) is 13.3. The third-order valence-electron chi connectivity index (χ3n) is 6.14. The summed E-state index contributed by atoms with van der Waals surface area (Å²) in [4.78, 5) is 14.9. The van der Waals surface area contributed by atoms with Gasteiger partial charge in [-0.25, -0.2) is 17.1 Å². The minimum Gasteiger partial charge on any atom is -0.372 e. The van der Waals surface area contributed by atoms with Gasteiger partial charge in [-0.1, -0.05) is 29.8 Å². The molecule has 1 saturated heterocycles. The van der Waals surface area contributed by atoms with Gasteiger partial charge in [0.15, 0.2) is 0 Å². The highest BCUT2D eigenvalue weighted by Crippen LogP contribution is 2.26. The van der Waals surface area contributed by atoms with Crippen molar-refractivity contribution < 1.29 is 17.6 Å². The highest BCUT2D eigenvalue weighted by atomic mass is 35.5. The Kier molecular flexibility index (Phi) is 8.73.